The van der Waals surface area contributed by atoms with Gasteiger partial charge in [0.15, 0.2) is 11.8 Å². The minimum Gasteiger partial charge on any atom is -0.394 e. The molecule has 3 aromatic rings. The molecule has 1 aliphatic rings. The monoisotopic (exact) mass is 393 g/mol. The van der Waals surface area contributed by atoms with Crippen LogP contribution >= 0.6 is 0 Å². The minimum absolute atomic E-state index is 0.174. The van der Waals surface area contributed by atoms with E-state index in [0.717, 1.165) is 21.4 Å². The largest absolute Gasteiger partial charge is 0.394 e. The SMILES string of the molecule is O=c1ccn([C@@H]2O[C@H](CO)[C@@H](O)[C@H]2O)c(=O)n1Cc1noc2ccc(F)cc12. The molecule has 1 saturated heterocycles. The molecule has 0 unspecified atom stereocenters. The second-order valence-corrected chi connectivity index (χ2v) is 6.43. The van der Waals surface area contributed by atoms with Crippen LogP contribution in [0.1, 0.15) is 11.9 Å². The van der Waals surface area contributed by atoms with E-state index in [1.54, 1.807) is 0 Å². The lowest BCUT2D eigenvalue weighted by molar-refractivity contribution is -0.0555. The molecule has 1 aliphatic heterocycles. The standard InChI is InChI=1S/C17H16FN3O7/c18-8-1-2-11-9(5-8)10(19-28-11)6-21-13(23)3-4-20(17(21)26)16-15(25)14(24)12(7-22)27-16/h1-5,12,14-16,22,24-25H,6-7H2/t12-,14-,15-,16-/m1/s1. The quantitative estimate of drug-likeness (QED) is 0.510. The van der Waals surface area contributed by atoms with Gasteiger partial charge in [-0.15, -0.1) is 0 Å². The molecule has 0 aliphatic carbocycles. The number of benzene rings is 1. The van der Waals surface area contributed by atoms with Crippen molar-refractivity contribution < 1.29 is 29.0 Å². The van der Waals surface area contributed by atoms with E-state index in [4.69, 9.17) is 9.26 Å². The van der Waals surface area contributed by atoms with E-state index < -0.39 is 48.2 Å². The molecule has 0 spiro atoms. The Morgan fingerprint density at radius 2 is 1.96 bits per heavy atom. The lowest BCUT2D eigenvalue weighted by Crippen LogP contribution is -2.43. The van der Waals surface area contributed by atoms with Gasteiger partial charge in [0.1, 0.15) is 29.8 Å². The molecule has 148 valence electrons. The van der Waals surface area contributed by atoms with Crippen LogP contribution in [-0.4, -0.2) is 54.5 Å². The van der Waals surface area contributed by atoms with Crippen molar-refractivity contribution in [3.8, 4) is 0 Å². The van der Waals surface area contributed by atoms with Crippen LogP contribution in [0.4, 0.5) is 4.39 Å². The van der Waals surface area contributed by atoms with Gasteiger partial charge in [0.25, 0.3) is 5.56 Å². The molecule has 28 heavy (non-hydrogen) atoms. The number of hydrogen-bond donors (Lipinski definition) is 3. The normalized spacial score (nSPS) is 24.9. The van der Waals surface area contributed by atoms with E-state index in [-0.39, 0.29) is 12.2 Å². The number of ether oxygens (including phenoxy) is 1. The van der Waals surface area contributed by atoms with Crippen LogP contribution in [-0.2, 0) is 11.3 Å². The Balaban J connectivity index is 1.74. The third-order valence-corrected chi connectivity index (χ3v) is 4.70. The third kappa shape index (κ3) is 2.94. The van der Waals surface area contributed by atoms with Crippen LogP contribution in [0.3, 0.4) is 0 Å². The predicted octanol–water partition coefficient (Wildman–Crippen LogP) is -1.05. The zero-order chi connectivity index (χ0) is 20.0. The fourth-order valence-electron chi connectivity index (χ4n) is 3.21. The van der Waals surface area contributed by atoms with E-state index in [9.17, 15) is 29.3 Å². The highest BCUT2D eigenvalue weighted by atomic mass is 19.1. The maximum atomic E-state index is 13.5. The van der Waals surface area contributed by atoms with Crippen molar-refractivity contribution in [3.05, 3.63) is 62.8 Å². The molecular formula is C17H16FN3O7. The van der Waals surface area contributed by atoms with Gasteiger partial charge in [-0.3, -0.25) is 13.9 Å². The number of aliphatic hydroxyl groups is 3. The zero-order valence-corrected chi connectivity index (χ0v) is 14.3. The van der Waals surface area contributed by atoms with Crippen LogP contribution in [0.25, 0.3) is 11.0 Å². The minimum atomic E-state index is -1.48. The molecule has 3 heterocycles. The van der Waals surface area contributed by atoms with Crippen molar-refractivity contribution in [2.75, 3.05) is 6.61 Å². The highest BCUT2D eigenvalue weighted by Gasteiger charge is 2.43. The van der Waals surface area contributed by atoms with Crippen molar-refractivity contribution in [1.82, 2.24) is 14.3 Å². The van der Waals surface area contributed by atoms with Gasteiger partial charge < -0.3 is 24.6 Å². The van der Waals surface area contributed by atoms with Crippen LogP contribution < -0.4 is 11.2 Å². The molecular weight excluding hydrogens is 377 g/mol. The number of nitrogens with zero attached hydrogens (tertiary/aromatic N) is 3. The highest BCUT2D eigenvalue weighted by Crippen LogP contribution is 2.28. The van der Waals surface area contributed by atoms with E-state index >= 15 is 0 Å². The lowest BCUT2D eigenvalue weighted by Gasteiger charge is -2.18. The van der Waals surface area contributed by atoms with Gasteiger partial charge in [0.05, 0.1) is 13.2 Å². The molecule has 0 saturated carbocycles. The van der Waals surface area contributed by atoms with Crippen molar-refractivity contribution in [3.63, 3.8) is 0 Å². The first-order valence-corrected chi connectivity index (χ1v) is 8.39. The molecule has 3 N–H and O–H groups in total. The van der Waals surface area contributed by atoms with Gasteiger partial charge in [-0.25, -0.2) is 9.18 Å². The van der Waals surface area contributed by atoms with Gasteiger partial charge in [-0.2, -0.15) is 0 Å². The first-order chi connectivity index (χ1) is 13.4. The molecule has 10 nitrogen and oxygen atoms in total. The molecule has 0 bridgehead atoms. The second kappa shape index (κ2) is 6.95. The first kappa shape index (κ1) is 18.5. The second-order valence-electron chi connectivity index (χ2n) is 6.43. The fourth-order valence-corrected chi connectivity index (χ4v) is 3.21. The summed E-state index contributed by atoms with van der Waals surface area (Å²) >= 11 is 0. The number of halogens is 1. The topological polar surface area (TPSA) is 140 Å². The number of aliphatic hydroxyl groups excluding tert-OH is 3. The summed E-state index contributed by atoms with van der Waals surface area (Å²) in [6, 6.07) is 4.84. The lowest BCUT2D eigenvalue weighted by atomic mass is 10.1. The number of rotatable bonds is 4. The molecule has 1 fully saturated rings. The van der Waals surface area contributed by atoms with E-state index in [1.807, 2.05) is 0 Å². The molecule has 0 amide bonds. The van der Waals surface area contributed by atoms with Crippen molar-refractivity contribution in [1.29, 1.82) is 0 Å². The average molecular weight is 393 g/mol. The van der Waals surface area contributed by atoms with Gasteiger partial charge >= 0.3 is 5.69 Å². The maximum Gasteiger partial charge on any atom is 0.333 e. The van der Waals surface area contributed by atoms with Gasteiger partial charge in [-0.05, 0) is 18.2 Å². The molecule has 4 rings (SSSR count). The third-order valence-electron chi connectivity index (χ3n) is 4.70. The number of aromatic nitrogens is 3. The van der Waals surface area contributed by atoms with Crippen molar-refractivity contribution in [2.24, 2.45) is 0 Å². The average Bonchev–Trinajstić information content (AvgIpc) is 3.20. The van der Waals surface area contributed by atoms with Crippen LogP contribution in [0.15, 0.2) is 44.6 Å². The van der Waals surface area contributed by atoms with Gasteiger partial charge in [0.2, 0.25) is 0 Å². The van der Waals surface area contributed by atoms with E-state index in [0.29, 0.717) is 11.0 Å². The highest BCUT2D eigenvalue weighted by molar-refractivity contribution is 5.79. The Kier molecular flexibility index (Phi) is 4.59. The Morgan fingerprint density at radius 3 is 2.68 bits per heavy atom. The summed E-state index contributed by atoms with van der Waals surface area (Å²) in [5, 5.41) is 33.3. The van der Waals surface area contributed by atoms with Gasteiger partial charge in [0, 0.05) is 17.6 Å². The van der Waals surface area contributed by atoms with E-state index in [1.165, 1.54) is 18.2 Å². The summed E-state index contributed by atoms with van der Waals surface area (Å²) in [5.74, 6) is -0.527. The fraction of sp³-hybridized carbons (Fsp3) is 0.353. The smallest absolute Gasteiger partial charge is 0.333 e. The Labute approximate surface area is 155 Å². The molecule has 4 atom stereocenters. The Bertz CT molecular complexity index is 1140. The Morgan fingerprint density at radius 1 is 1.18 bits per heavy atom. The summed E-state index contributed by atoms with van der Waals surface area (Å²) in [5.41, 5.74) is -1.02. The molecule has 1 aromatic carbocycles. The summed E-state index contributed by atoms with van der Waals surface area (Å²) in [7, 11) is 0. The predicted molar refractivity (Wildman–Crippen MR) is 91.0 cm³/mol. The maximum absolute atomic E-state index is 13.5. The first-order valence-electron chi connectivity index (χ1n) is 8.39. The van der Waals surface area contributed by atoms with E-state index in [2.05, 4.69) is 5.16 Å². The molecule has 11 heteroatoms. The summed E-state index contributed by atoms with van der Waals surface area (Å²) in [6.07, 6.45) is -4.12. The number of fused-ring (bicyclic) bond motifs is 1. The summed E-state index contributed by atoms with van der Waals surface area (Å²) in [4.78, 5) is 25.0. The Hall–Kier alpha value is -2.86. The number of hydrogen-bond acceptors (Lipinski definition) is 8. The zero-order valence-electron chi connectivity index (χ0n) is 14.3. The van der Waals surface area contributed by atoms with Crippen LogP contribution in [0.5, 0.6) is 0 Å². The molecule has 0 radical (unpaired) electrons. The summed E-state index contributed by atoms with van der Waals surface area (Å²) < 4.78 is 25.7. The van der Waals surface area contributed by atoms with Crippen LogP contribution in [0.2, 0.25) is 0 Å². The van der Waals surface area contributed by atoms with Gasteiger partial charge in [-0.1, -0.05) is 5.16 Å². The molecule has 2 aromatic heterocycles. The van der Waals surface area contributed by atoms with Crippen molar-refractivity contribution >= 4 is 11.0 Å². The summed E-state index contributed by atoms with van der Waals surface area (Å²) in [6.45, 7) is -0.858. The van der Waals surface area contributed by atoms with Crippen molar-refractivity contribution in [2.45, 2.75) is 31.1 Å². The van der Waals surface area contributed by atoms with Crippen LogP contribution in [0, 0.1) is 5.82 Å².